The van der Waals surface area contributed by atoms with Crippen molar-refractivity contribution in [3.05, 3.63) is 29.8 Å². The van der Waals surface area contributed by atoms with Crippen LogP contribution in [0, 0.1) is 0 Å². The van der Waals surface area contributed by atoms with Crippen LogP contribution in [0.1, 0.15) is 24.8 Å². The van der Waals surface area contributed by atoms with E-state index in [0.717, 1.165) is 30.9 Å². The van der Waals surface area contributed by atoms with Crippen LogP contribution in [0.15, 0.2) is 24.3 Å². The molecule has 1 aromatic carbocycles. The number of ether oxygens (including phenoxy) is 1. The minimum atomic E-state index is 0.0925. The Balaban J connectivity index is 1.63. The van der Waals surface area contributed by atoms with Crippen LogP contribution in [0.2, 0.25) is 0 Å². The third-order valence-corrected chi connectivity index (χ3v) is 3.19. The molecule has 0 spiro atoms. The van der Waals surface area contributed by atoms with Gasteiger partial charge in [-0.05, 0) is 50.0 Å². The van der Waals surface area contributed by atoms with Crippen LogP contribution in [0.3, 0.4) is 0 Å². The molecule has 3 nitrogen and oxygen atoms in total. The lowest BCUT2D eigenvalue weighted by atomic mass is 10.2. The molecule has 2 rings (SSSR count). The number of nitrogens with zero attached hydrogens (tertiary/aromatic N) is 1. The smallest absolute Gasteiger partial charge is 0.119 e. The van der Waals surface area contributed by atoms with Gasteiger partial charge in [-0.1, -0.05) is 12.1 Å². The Morgan fingerprint density at radius 2 is 1.82 bits per heavy atom. The summed E-state index contributed by atoms with van der Waals surface area (Å²) >= 11 is 0. The molecule has 1 N–H and O–H groups in total. The van der Waals surface area contributed by atoms with Gasteiger partial charge >= 0.3 is 0 Å². The van der Waals surface area contributed by atoms with Gasteiger partial charge in [0.05, 0.1) is 13.2 Å². The predicted molar refractivity (Wildman–Crippen MR) is 68.2 cm³/mol. The summed E-state index contributed by atoms with van der Waals surface area (Å²) in [6.45, 7) is 4.52. The fourth-order valence-corrected chi connectivity index (χ4v) is 2.18. The van der Waals surface area contributed by atoms with E-state index in [1.165, 1.54) is 25.9 Å². The van der Waals surface area contributed by atoms with Crippen LogP contribution in [0.4, 0.5) is 0 Å². The van der Waals surface area contributed by atoms with E-state index in [0.29, 0.717) is 0 Å². The van der Waals surface area contributed by atoms with Crippen molar-refractivity contribution >= 4 is 0 Å². The highest BCUT2D eigenvalue weighted by Gasteiger charge is 2.10. The van der Waals surface area contributed by atoms with Gasteiger partial charge in [0, 0.05) is 6.54 Å². The zero-order valence-electron chi connectivity index (χ0n) is 10.3. The van der Waals surface area contributed by atoms with E-state index >= 15 is 0 Å². The third-order valence-electron chi connectivity index (χ3n) is 3.19. The average Bonchev–Trinajstić information content (AvgIpc) is 2.88. The monoisotopic (exact) mass is 235 g/mol. The van der Waals surface area contributed by atoms with E-state index in [1.54, 1.807) is 0 Å². The van der Waals surface area contributed by atoms with Crippen LogP contribution in [0.5, 0.6) is 5.75 Å². The standard InChI is InChI=1S/C14H21NO2/c16-12-13-4-6-14(7-5-13)17-11-3-10-15-8-1-2-9-15/h4-7,16H,1-3,8-12H2. The summed E-state index contributed by atoms with van der Waals surface area (Å²) < 4.78 is 5.66. The van der Waals surface area contributed by atoms with E-state index in [2.05, 4.69) is 4.90 Å². The molecule has 3 heteroatoms. The van der Waals surface area contributed by atoms with Crippen molar-refractivity contribution in [3.8, 4) is 5.75 Å². The number of aliphatic hydroxyl groups is 1. The molecule has 0 amide bonds. The molecule has 1 heterocycles. The molecule has 0 radical (unpaired) electrons. The summed E-state index contributed by atoms with van der Waals surface area (Å²) in [5.41, 5.74) is 0.925. The second kappa shape index (κ2) is 6.62. The molecule has 0 aliphatic carbocycles. The number of likely N-dealkylation sites (tertiary alicyclic amines) is 1. The van der Waals surface area contributed by atoms with Crippen molar-refractivity contribution in [1.82, 2.24) is 4.90 Å². The Morgan fingerprint density at radius 1 is 1.12 bits per heavy atom. The normalized spacial score (nSPS) is 16.3. The van der Waals surface area contributed by atoms with Crippen LogP contribution in [-0.2, 0) is 6.61 Å². The second-order valence-corrected chi connectivity index (χ2v) is 4.55. The van der Waals surface area contributed by atoms with Crippen molar-refractivity contribution in [2.75, 3.05) is 26.2 Å². The number of aliphatic hydroxyl groups excluding tert-OH is 1. The van der Waals surface area contributed by atoms with Gasteiger partial charge in [0.1, 0.15) is 5.75 Å². The number of rotatable bonds is 6. The van der Waals surface area contributed by atoms with Gasteiger partial charge in [0.15, 0.2) is 0 Å². The molecule has 0 atom stereocenters. The minimum absolute atomic E-state index is 0.0925. The molecule has 0 saturated carbocycles. The quantitative estimate of drug-likeness (QED) is 0.766. The lowest BCUT2D eigenvalue weighted by molar-refractivity contribution is 0.262. The van der Waals surface area contributed by atoms with Gasteiger partial charge in [-0.3, -0.25) is 0 Å². The van der Waals surface area contributed by atoms with E-state index in [1.807, 2.05) is 24.3 Å². The summed E-state index contributed by atoms with van der Waals surface area (Å²) in [6, 6.07) is 7.63. The molecular formula is C14H21NO2. The van der Waals surface area contributed by atoms with Crippen LogP contribution < -0.4 is 4.74 Å². The molecule has 17 heavy (non-hydrogen) atoms. The van der Waals surface area contributed by atoms with Crippen molar-refractivity contribution in [3.63, 3.8) is 0 Å². The third kappa shape index (κ3) is 4.02. The first-order chi connectivity index (χ1) is 8.38. The molecule has 1 aliphatic rings. The van der Waals surface area contributed by atoms with E-state index in [4.69, 9.17) is 9.84 Å². The van der Waals surface area contributed by atoms with E-state index in [-0.39, 0.29) is 6.61 Å². The van der Waals surface area contributed by atoms with Crippen molar-refractivity contribution < 1.29 is 9.84 Å². The van der Waals surface area contributed by atoms with E-state index < -0.39 is 0 Å². The number of hydrogen-bond donors (Lipinski definition) is 1. The molecule has 1 aromatic rings. The lowest BCUT2D eigenvalue weighted by Crippen LogP contribution is -2.21. The maximum atomic E-state index is 8.92. The van der Waals surface area contributed by atoms with Gasteiger partial charge in [-0.2, -0.15) is 0 Å². The van der Waals surface area contributed by atoms with Gasteiger partial charge in [0.2, 0.25) is 0 Å². The molecule has 94 valence electrons. The first kappa shape index (κ1) is 12.4. The van der Waals surface area contributed by atoms with Crippen molar-refractivity contribution in [2.45, 2.75) is 25.9 Å². The summed E-state index contributed by atoms with van der Waals surface area (Å²) in [7, 11) is 0. The summed E-state index contributed by atoms with van der Waals surface area (Å²) in [4.78, 5) is 2.50. The van der Waals surface area contributed by atoms with Crippen LogP contribution >= 0.6 is 0 Å². The molecular weight excluding hydrogens is 214 g/mol. The maximum Gasteiger partial charge on any atom is 0.119 e. The van der Waals surface area contributed by atoms with Crippen molar-refractivity contribution in [2.24, 2.45) is 0 Å². The topological polar surface area (TPSA) is 32.7 Å². The zero-order valence-corrected chi connectivity index (χ0v) is 10.3. The Kier molecular flexibility index (Phi) is 4.83. The molecule has 0 aromatic heterocycles. The van der Waals surface area contributed by atoms with E-state index in [9.17, 15) is 0 Å². The molecule has 0 unspecified atom stereocenters. The van der Waals surface area contributed by atoms with Gasteiger partial charge in [-0.25, -0.2) is 0 Å². The SMILES string of the molecule is OCc1ccc(OCCCN2CCCC2)cc1. The molecule has 0 bridgehead atoms. The second-order valence-electron chi connectivity index (χ2n) is 4.55. The van der Waals surface area contributed by atoms with Crippen molar-refractivity contribution in [1.29, 1.82) is 0 Å². The van der Waals surface area contributed by atoms with Crippen LogP contribution in [-0.4, -0.2) is 36.2 Å². The zero-order chi connectivity index (χ0) is 11.9. The maximum absolute atomic E-state index is 8.92. The first-order valence-electron chi connectivity index (χ1n) is 6.43. The Hall–Kier alpha value is -1.06. The van der Waals surface area contributed by atoms with Gasteiger partial charge in [-0.15, -0.1) is 0 Å². The summed E-state index contributed by atoms with van der Waals surface area (Å²) in [6.07, 6.45) is 3.79. The first-order valence-corrected chi connectivity index (χ1v) is 6.43. The fourth-order valence-electron chi connectivity index (χ4n) is 2.18. The predicted octanol–water partition coefficient (Wildman–Crippen LogP) is 2.04. The fraction of sp³-hybridized carbons (Fsp3) is 0.571. The number of benzene rings is 1. The summed E-state index contributed by atoms with van der Waals surface area (Å²) in [5.74, 6) is 0.892. The van der Waals surface area contributed by atoms with Gasteiger partial charge < -0.3 is 14.7 Å². The molecule has 1 saturated heterocycles. The molecule has 1 fully saturated rings. The highest BCUT2D eigenvalue weighted by Crippen LogP contribution is 2.13. The Bertz CT molecular complexity index is 317. The highest BCUT2D eigenvalue weighted by molar-refractivity contribution is 5.26. The number of hydrogen-bond acceptors (Lipinski definition) is 3. The molecule has 1 aliphatic heterocycles. The Morgan fingerprint density at radius 3 is 2.47 bits per heavy atom. The summed E-state index contributed by atoms with van der Waals surface area (Å²) in [5, 5.41) is 8.92. The average molecular weight is 235 g/mol. The lowest BCUT2D eigenvalue weighted by Gasteiger charge is -2.14. The largest absolute Gasteiger partial charge is 0.494 e. The van der Waals surface area contributed by atoms with Gasteiger partial charge in [0.25, 0.3) is 0 Å². The minimum Gasteiger partial charge on any atom is -0.494 e. The van der Waals surface area contributed by atoms with Crippen LogP contribution in [0.25, 0.3) is 0 Å². The Labute approximate surface area is 103 Å². The highest BCUT2D eigenvalue weighted by atomic mass is 16.5.